The molecular weight excluding hydrogens is 232 g/mol. The summed E-state index contributed by atoms with van der Waals surface area (Å²) in [5.41, 5.74) is 3.02. The highest BCUT2D eigenvalue weighted by atomic mass is 14.7. The molecule has 2 heteroatoms. The van der Waals surface area contributed by atoms with Gasteiger partial charge in [0.1, 0.15) is 11.8 Å². The molecule has 0 fully saturated rings. The number of aromatic amines is 1. The second-order valence-corrected chi connectivity index (χ2v) is 5.63. The van der Waals surface area contributed by atoms with Crippen LogP contribution in [0.25, 0.3) is 10.9 Å². The van der Waals surface area contributed by atoms with E-state index in [0.29, 0.717) is 0 Å². The summed E-state index contributed by atoms with van der Waals surface area (Å²) in [5.74, 6) is 0.794. The molecule has 1 aromatic carbocycles. The molecule has 0 amide bonds. The monoisotopic (exact) mass is 254 g/mol. The van der Waals surface area contributed by atoms with Crippen molar-refractivity contribution in [2.75, 3.05) is 0 Å². The van der Waals surface area contributed by atoms with E-state index in [1.165, 1.54) is 36.6 Å². The zero-order valence-electron chi connectivity index (χ0n) is 11.9. The Hall–Kier alpha value is -1.75. The molecule has 0 saturated heterocycles. The molecule has 1 heterocycles. The summed E-state index contributed by atoms with van der Waals surface area (Å²) in [4.78, 5) is 3.21. The quantitative estimate of drug-likeness (QED) is 0.739. The first-order valence-corrected chi connectivity index (χ1v) is 7.22. The number of fused-ring (bicyclic) bond motifs is 1. The van der Waals surface area contributed by atoms with Gasteiger partial charge in [-0.1, -0.05) is 51.3 Å². The standard InChI is InChI=1S/C17H22N2/c1-13(2)8-4-3-5-9-15-14-10-6-7-11-16(14)19-17(15)12-18/h6-7,10-11,13,19H,3-5,8-9H2,1-2H3. The van der Waals surface area contributed by atoms with Crippen LogP contribution in [0.2, 0.25) is 0 Å². The first-order valence-electron chi connectivity index (χ1n) is 7.22. The Morgan fingerprint density at radius 3 is 2.68 bits per heavy atom. The summed E-state index contributed by atoms with van der Waals surface area (Å²) < 4.78 is 0. The lowest BCUT2D eigenvalue weighted by Crippen LogP contribution is -1.91. The molecule has 0 bridgehead atoms. The van der Waals surface area contributed by atoms with Crippen molar-refractivity contribution < 1.29 is 0 Å². The van der Waals surface area contributed by atoms with E-state index in [2.05, 4.69) is 31.0 Å². The summed E-state index contributed by atoms with van der Waals surface area (Å²) in [5, 5.41) is 10.4. The molecule has 100 valence electrons. The number of para-hydroxylation sites is 1. The minimum atomic E-state index is 0.741. The molecule has 0 saturated carbocycles. The maximum atomic E-state index is 9.21. The van der Waals surface area contributed by atoms with Gasteiger partial charge in [0, 0.05) is 10.9 Å². The van der Waals surface area contributed by atoms with Crippen molar-refractivity contribution in [1.29, 1.82) is 5.26 Å². The topological polar surface area (TPSA) is 39.6 Å². The summed E-state index contributed by atoms with van der Waals surface area (Å²) in [6, 6.07) is 10.5. The Balaban J connectivity index is 2.01. The predicted octanol–water partition coefficient (Wildman–Crippen LogP) is 4.80. The fourth-order valence-electron chi connectivity index (χ4n) is 2.59. The normalized spacial score (nSPS) is 11.1. The van der Waals surface area contributed by atoms with E-state index in [4.69, 9.17) is 0 Å². The number of hydrogen-bond acceptors (Lipinski definition) is 1. The second kappa shape index (κ2) is 6.43. The lowest BCUT2D eigenvalue weighted by atomic mass is 10.0. The van der Waals surface area contributed by atoms with Crippen LogP contribution >= 0.6 is 0 Å². The van der Waals surface area contributed by atoms with E-state index in [0.717, 1.165) is 23.5 Å². The average Bonchev–Trinajstić information content (AvgIpc) is 2.76. The van der Waals surface area contributed by atoms with Crippen molar-refractivity contribution in [3.63, 3.8) is 0 Å². The van der Waals surface area contributed by atoms with Crippen LogP contribution in [0.15, 0.2) is 24.3 Å². The van der Waals surface area contributed by atoms with Crippen LogP contribution in [-0.2, 0) is 6.42 Å². The third-order valence-corrected chi connectivity index (χ3v) is 3.63. The minimum Gasteiger partial charge on any atom is -0.346 e. The molecule has 0 radical (unpaired) electrons. The van der Waals surface area contributed by atoms with Crippen molar-refractivity contribution >= 4 is 10.9 Å². The third kappa shape index (κ3) is 3.38. The van der Waals surface area contributed by atoms with Gasteiger partial charge in [0.15, 0.2) is 0 Å². The largest absolute Gasteiger partial charge is 0.346 e. The number of aromatic nitrogens is 1. The summed E-state index contributed by atoms with van der Waals surface area (Å²) >= 11 is 0. The first-order chi connectivity index (χ1) is 9.22. The predicted molar refractivity (Wildman–Crippen MR) is 80.0 cm³/mol. The van der Waals surface area contributed by atoms with Gasteiger partial charge in [-0.2, -0.15) is 5.26 Å². The van der Waals surface area contributed by atoms with Gasteiger partial charge in [-0.3, -0.25) is 0 Å². The van der Waals surface area contributed by atoms with Crippen molar-refractivity contribution in [2.24, 2.45) is 5.92 Å². The van der Waals surface area contributed by atoms with Gasteiger partial charge in [0.2, 0.25) is 0 Å². The van der Waals surface area contributed by atoms with Crippen LogP contribution in [0, 0.1) is 17.2 Å². The Morgan fingerprint density at radius 2 is 1.95 bits per heavy atom. The molecule has 2 nitrogen and oxygen atoms in total. The fraction of sp³-hybridized carbons (Fsp3) is 0.471. The molecule has 1 N–H and O–H groups in total. The Bertz CT molecular complexity index is 572. The number of rotatable bonds is 6. The summed E-state index contributed by atoms with van der Waals surface area (Å²) in [6.07, 6.45) is 6.03. The molecule has 0 spiro atoms. The van der Waals surface area contributed by atoms with Crippen LogP contribution in [0.4, 0.5) is 0 Å². The molecule has 0 aliphatic carbocycles. The molecular formula is C17H22N2. The number of nitriles is 1. The second-order valence-electron chi connectivity index (χ2n) is 5.63. The van der Waals surface area contributed by atoms with E-state index >= 15 is 0 Å². The minimum absolute atomic E-state index is 0.741. The van der Waals surface area contributed by atoms with Crippen LogP contribution in [0.5, 0.6) is 0 Å². The van der Waals surface area contributed by atoms with Gasteiger partial charge in [-0.05, 0) is 30.4 Å². The number of H-pyrrole nitrogens is 1. The molecule has 19 heavy (non-hydrogen) atoms. The van der Waals surface area contributed by atoms with Gasteiger partial charge in [-0.15, -0.1) is 0 Å². The fourth-order valence-corrected chi connectivity index (χ4v) is 2.59. The molecule has 0 unspecified atom stereocenters. The van der Waals surface area contributed by atoms with Crippen molar-refractivity contribution in [1.82, 2.24) is 4.98 Å². The highest BCUT2D eigenvalue weighted by Crippen LogP contribution is 2.24. The van der Waals surface area contributed by atoms with E-state index < -0.39 is 0 Å². The van der Waals surface area contributed by atoms with Gasteiger partial charge in [-0.25, -0.2) is 0 Å². The van der Waals surface area contributed by atoms with E-state index in [1.807, 2.05) is 18.2 Å². The summed E-state index contributed by atoms with van der Waals surface area (Å²) in [7, 11) is 0. The SMILES string of the molecule is CC(C)CCCCCc1c(C#N)[nH]c2ccccc12. The van der Waals surface area contributed by atoms with Crippen LogP contribution < -0.4 is 0 Å². The number of benzene rings is 1. The number of nitrogens with one attached hydrogen (secondary N) is 1. The van der Waals surface area contributed by atoms with Gasteiger partial charge >= 0.3 is 0 Å². The van der Waals surface area contributed by atoms with E-state index in [1.54, 1.807) is 0 Å². The van der Waals surface area contributed by atoms with Crippen molar-refractivity contribution in [3.8, 4) is 6.07 Å². The molecule has 0 aliphatic heterocycles. The van der Waals surface area contributed by atoms with E-state index in [-0.39, 0.29) is 0 Å². The lowest BCUT2D eigenvalue weighted by Gasteiger charge is -2.04. The Labute approximate surface area is 115 Å². The van der Waals surface area contributed by atoms with Crippen molar-refractivity contribution in [3.05, 3.63) is 35.5 Å². The first kappa shape index (κ1) is 13.7. The summed E-state index contributed by atoms with van der Waals surface area (Å²) in [6.45, 7) is 4.54. The van der Waals surface area contributed by atoms with Gasteiger partial charge in [0.05, 0.1) is 0 Å². The van der Waals surface area contributed by atoms with Crippen LogP contribution in [0.1, 0.15) is 50.8 Å². The Morgan fingerprint density at radius 1 is 1.16 bits per heavy atom. The molecule has 0 atom stereocenters. The highest BCUT2D eigenvalue weighted by molar-refractivity contribution is 5.85. The zero-order valence-corrected chi connectivity index (χ0v) is 11.9. The Kier molecular flexibility index (Phi) is 4.63. The highest BCUT2D eigenvalue weighted by Gasteiger charge is 2.10. The zero-order chi connectivity index (χ0) is 13.7. The maximum Gasteiger partial charge on any atom is 0.121 e. The lowest BCUT2D eigenvalue weighted by molar-refractivity contribution is 0.527. The smallest absolute Gasteiger partial charge is 0.121 e. The average molecular weight is 254 g/mol. The molecule has 1 aromatic heterocycles. The number of aryl methyl sites for hydroxylation is 1. The van der Waals surface area contributed by atoms with Gasteiger partial charge in [0.25, 0.3) is 0 Å². The van der Waals surface area contributed by atoms with Gasteiger partial charge < -0.3 is 4.98 Å². The number of hydrogen-bond donors (Lipinski definition) is 1. The number of nitrogens with zero attached hydrogens (tertiary/aromatic N) is 1. The molecule has 2 rings (SSSR count). The van der Waals surface area contributed by atoms with E-state index in [9.17, 15) is 5.26 Å². The van der Waals surface area contributed by atoms with Crippen molar-refractivity contribution in [2.45, 2.75) is 46.0 Å². The van der Waals surface area contributed by atoms with Crippen LogP contribution in [-0.4, -0.2) is 4.98 Å². The third-order valence-electron chi connectivity index (χ3n) is 3.63. The maximum absolute atomic E-state index is 9.21. The number of unbranched alkanes of at least 4 members (excludes halogenated alkanes) is 2. The van der Waals surface area contributed by atoms with Crippen LogP contribution in [0.3, 0.4) is 0 Å². The molecule has 2 aromatic rings. The molecule has 0 aliphatic rings.